The summed E-state index contributed by atoms with van der Waals surface area (Å²) in [5, 5.41) is 0. The first-order valence-corrected chi connectivity index (χ1v) is 9.66. The summed E-state index contributed by atoms with van der Waals surface area (Å²) in [6.07, 6.45) is 1.85. The third-order valence-corrected chi connectivity index (χ3v) is 5.58. The molecule has 4 aromatic rings. The molecule has 0 amide bonds. The predicted molar refractivity (Wildman–Crippen MR) is 114 cm³/mol. The van der Waals surface area contributed by atoms with E-state index in [1.807, 2.05) is 48.7 Å². The molecule has 7 heteroatoms. The highest BCUT2D eigenvalue weighted by Gasteiger charge is 2.14. The number of nitrogens with zero attached hydrogens (tertiary/aromatic N) is 2. The maximum Gasteiger partial charge on any atom is 0.161 e. The Bertz CT molecular complexity index is 1170. The van der Waals surface area contributed by atoms with Gasteiger partial charge in [-0.15, -0.1) is 0 Å². The number of methoxy groups -OCH3 is 4. The fourth-order valence-corrected chi connectivity index (χ4v) is 3.98. The number of ether oxygens (including phenoxy) is 4. The first-order valence-electron chi connectivity index (χ1n) is 8.88. The minimum absolute atomic E-state index is 0.675. The van der Waals surface area contributed by atoms with Gasteiger partial charge >= 0.3 is 0 Å². The first-order chi connectivity index (χ1) is 14.2. The molecule has 2 heterocycles. The van der Waals surface area contributed by atoms with Crippen LogP contribution in [-0.4, -0.2) is 37.8 Å². The summed E-state index contributed by atoms with van der Waals surface area (Å²) in [4.78, 5) is 5.68. The Kier molecular flexibility index (Phi) is 5.22. The van der Waals surface area contributed by atoms with Crippen molar-refractivity contribution in [2.75, 3.05) is 28.4 Å². The zero-order valence-corrected chi connectivity index (χ0v) is 17.4. The summed E-state index contributed by atoms with van der Waals surface area (Å²) >= 11 is 1.41. The van der Waals surface area contributed by atoms with Gasteiger partial charge in [-0.2, -0.15) is 4.37 Å². The number of hydrogen-bond donors (Lipinski definition) is 0. The van der Waals surface area contributed by atoms with E-state index in [1.54, 1.807) is 28.4 Å². The van der Waals surface area contributed by atoms with Crippen LogP contribution in [0.15, 0.2) is 48.7 Å². The molecule has 0 fully saturated rings. The second kappa shape index (κ2) is 7.97. The van der Waals surface area contributed by atoms with Gasteiger partial charge in [0.1, 0.15) is 11.0 Å². The van der Waals surface area contributed by atoms with Crippen LogP contribution >= 0.6 is 11.5 Å². The lowest BCUT2D eigenvalue weighted by Gasteiger charge is -2.10. The molecule has 0 atom stereocenters. The van der Waals surface area contributed by atoms with Crippen molar-refractivity contribution in [1.29, 1.82) is 0 Å². The molecular formula is C22H20N2O4S. The van der Waals surface area contributed by atoms with Crippen LogP contribution in [0.25, 0.3) is 32.6 Å². The van der Waals surface area contributed by atoms with Gasteiger partial charge in [-0.05, 0) is 59.1 Å². The molecule has 0 spiro atoms. The maximum absolute atomic E-state index is 5.42. The molecule has 0 saturated carbocycles. The average molecular weight is 408 g/mol. The number of pyridine rings is 1. The number of benzene rings is 2. The monoisotopic (exact) mass is 408 g/mol. The van der Waals surface area contributed by atoms with Crippen LogP contribution in [0.3, 0.4) is 0 Å². The van der Waals surface area contributed by atoms with E-state index in [9.17, 15) is 0 Å². The Morgan fingerprint density at radius 3 is 1.86 bits per heavy atom. The number of rotatable bonds is 6. The van der Waals surface area contributed by atoms with Gasteiger partial charge in [0.25, 0.3) is 0 Å². The van der Waals surface area contributed by atoms with E-state index in [-0.39, 0.29) is 0 Å². The molecule has 4 rings (SSSR count). The van der Waals surface area contributed by atoms with Gasteiger partial charge in [-0.3, -0.25) is 4.98 Å². The molecule has 0 N–H and O–H groups in total. The van der Waals surface area contributed by atoms with Crippen LogP contribution < -0.4 is 18.9 Å². The van der Waals surface area contributed by atoms with Crippen molar-refractivity contribution < 1.29 is 18.9 Å². The van der Waals surface area contributed by atoms with Gasteiger partial charge in [0.15, 0.2) is 23.0 Å². The lowest BCUT2D eigenvalue weighted by molar-refractivity contribution is 0.355. The maximum atomic E-state index is 5.42. The molecule has 2 aromatic heterocycles. The Labute approximate surface area is 172 Å². The van der Waals surface area contributed by atoms with Gasteiger partial charge in [-0.25, -0.2) is 0 Å². The standard InChI is InChI=1S/C22H20N2O4S/c1-25-17-7-5-13(10-19(17)27-3)15-9-16-21(23-12-15)22(29-24-16)14-6-8-18(26-2)20(11-14)28-4/h5-12H,1-4H3. The highest BCUT2D eigenvalue weighted by Crippen LogP contribution is 2.38. The third kappa shape index (κ3) is 3.45. The van der Waals surface area contributed by atoms with Crippen molar-refractivity contribution in [1.82, 2.24) is 9.36 Å². The van der Waals surface area contributed by atoms with E-state index in [1.165, 1.54) is 11.5 Å². The van der Waals surface area contributed by atoms with Gasteiger partial charge in [-0.1, -0.05) is 6.07 Å². The second-order valence-electron chi connectivity index (χ2n) is 6.24. The quantitative estimate of drug-likeness (QED) is 0.444. The van der Waals surface area contributed by atoms with E-state index in [2.05, 4.69) is 4.37 Å². The Morgan fingerprint density at radius 1 is 0.655 bits per heavy atom. The van der Waals surface area contributed by atoms with E-state index in [4.69, 9.17) is 23.9 Å². The van der Waals surface area contributed by atoms with Crippen molar-refractivity contribution >= 4 is 22.6 Å². The molecule has 2 aromatic carbocycles. The van der Waals surface area contributed by atoms with E-state index in [0.717, 1.165) is 32.6 Å². The summed E-state index contributed by atoms with van der Waals surface area (Å²) in [5.41, 5.74) is 4.63. The number of fused-ring (bicyclic) bond motifs is 1. The lowest BCUT2D eigenvalue weighted by Crippen LogP contribution is -1.91. The minimum atomic E-state index is 0.675. The van der Waals surface area contributed by atoms with E-state index >= 15 is 0 Å². The lowest BCUT2D eigenvalue weighted by atomic mass is 10.1. The second-order valence-corrected chi connectivity index (χ2v) is 7.02. The zero-order chi connectivity index (χ0) is 20.4. The van der Waals surface area contributed by atoms with Crippen LogP contribution in [0, 0.1) is 0 Å². The Balaban J connectivity index is 1.75. The summed E-state index contributed by atoms with van der Waals surface area (Å²) in [5.74, 6) is 2.73. The summed E-state index contributed by atoms with van der Waals surface area (Å²) < 4.78 is 26.1. The van der Waals surface area contributed by atoms with Gasteiger partial charge in [0.05, 0.1) is 33.3 Å². The van der Waals surface area contributed by atoms with Crippen LogP contribution in [0.4, 0.5) is 0 Å². The van der Waals surface area contributed by atoms with Crippen LogP contribution in [-0.2, 0) is 0 Å². The van der Waals surface area contributed by atoms with Crippen molar-refractivity contribution in [3.63, 3.8) is 0 Å². The van der Waals surface area contributed by atoms with Crippen molar-refractivity contribution in [3.05, 3.63) is 48.7 Å². The molecule has 0 saturated heterocycles. The smallest absolute Gasteiger partial charge is 0.161 e. The number of hydrogen-bond acceptors (Lipinski definition) is 7. The summed E-state index contributed by atoms with van der Waals surface area (Å²) in [6, 6.07) is 13.6. The fraction of sp³-hybridized carbons (Fsp3) is 0.182. The third-order valence-electron chi connectivity index (χ3n) is 4.68. The van der Waals surface area contributed by atoms with Crippen LogP contribution in [0.1, 0.15) is 0 Å². The van der Waals surface area contributed by atoms with Crippen LogP contribution in [0.2, 0.25) is 0 Å². The average Bonchev–Trinajstić information content (AvgIpc) is 3.21. The van der Waals surface area contributed by atoms with Crippen LogP contribution in [0.5, 0.6) is 23.0 Å². The van der Waals surface area contributed by atoms with E-state index < -0.39 is 0 Å². The topological polar surface area (TPSA) is 62.7 Å². The molecule has 0 radical (unpaired) electrons. The number of aromatic nitrogens is 2. The van der Waals surface area contributed by atoms with E-state index in [0.29, 0.717) is 23.0 Å². The molecule has 0 aliphatic rings. The molecule has 29 heavy (non-hydrogen) atoms. The summed E-state index contributed by atoms with van der Waals surface area (Å²) in [7, 11) is 6.49. The molecule has 0 aliphatic heterocycles. The molecule has 0 bridgehead atoms. The molecule has 6 nitrogen and oxygen atoms in total. The highest BCUT2D eigenvalue weighted by molar-refractivity contribution is 7.11. The van der Waals surface area contributed by atoms with Gasteiger partial charge < -0.3 is 18.9 Å². The van der Waals surface area contributed by atoms with Crippen molar-refractivity contribution in [2.45, 2.75) is 0 Å². The molecule has 148 valence electrons. The molecule has 0 aliphatic carbocycles. The predicted octanol–water partition coefficient (Wildman–Crippen LogP) is 5.06. The molecule has 0 unspecified atom stereocenters. The van der Waals surface area contributed by atoms with Gasteiger partial charge in [0.2, 0.25) is 0 Å². The van der Waals surface area contributed by atoms with Gasteiger partial charge in [0, 0.05) is 11.8 Å². The minimum Gasteiger partial charge on any atom is -0.493 e. The fourth-order valence-electron chi connectivity index (χ4n) is 3.18. The Morgan fingerprint density at radius 2 is 1.24 bits per heavy atom. The largest absolute Gasteiger partial charge is 0.493 e. The normalized spacial score (nSPS) is 10.8. The Hall–Kier alpha value is -3.32. The summed E-state index contributed by atoms with van der Waals surface area (Å²) in [6.45, 7) is 0. The highest BCUT2D eigenvalue weighted by atomic mass is 32.1. The molecular weight excluding hydrogens is 388 g/mol. The van der Waals surface area contributed by atoms with Crippen molar-refractivity contribution in [3.8, 4) is 44.6 Å². The SMILES string of the molecule is COc1ccc(-c2cnc3c(-c4ccc(OC)c(OC)c4)snc3c2)cc1OC. The first kappa shape index (κ1) is 19.0. The van der Waals surface area contributed by atoms with Crippen molar-refractivity contribution in [2.24, 2.45) is 0 Å². The zero-order valence-electron chi connectivity index (χ0n) is 16.6.